The summed E-state index contributed by atoms with van der Waals surface area (Å²) in [6.45, 7) is 1.54. The molecule has 0 unspecified atom stereocenters. The highest BCUT2D eigenvalue weighted by molar-refractivity contribution is 5.99. The van der Waals surface area contributed by atoms with Gasteiger partial charge in [0.05, 0.1) is 5.69 Å². The Labute approximate surface area is 168 Å². The molecular formula is C23H20N2O4. The van der Waals surface area contributed by atoms with Gasteiger partial charge in [-0.1, -0.05) is 48.5 Å². The fourth-order valence-electron chi connectivity index (χ4n) is 3.08. The van der Waals surface area contributed by atoms with Gasteiger partial charge in [-0.05, 0) is 36.8 Å². The van der Waals surface area contributed by atoms with Crippen LogP contribution >= 0.6 is 0 Å². The number of anilines is 2. The lowest BCUT2D eigenvalue weighted by molar-refractivity contribution is -0.122. The summed E-state index contributed by atoms with van der Waals surface area (Å²) in [6, 6.07) is 22.5. The van der Waals surface area contributed by atoms with E-state index in [4.69, 9.17) is 9.47 Å². The van der Waals surface area contributed by atoms with E-state index < -0.39 is 6.10 Å². The Morgan fingerprint density at radius 2 is 1.83 bits per heavy atom. The number of fused-ring (bicyclic) bond motifs is 1. The molecule has 4 rings (SSSR count). The molecule has 2 N–H and O–H groups in total. The number of ether oxygens (including phenoxy) is 2. The standard InChI is InChI=1S/C23H20N2O4/c1-15-23(27)25-19-13-17(11-12-21(19)29-15)24-22(26)14-28-20-10-6-5-9-18(20)16-7-3-2-4-8-16/h2-13,15H,14H2,1H3,(H,24,26)(H,25,27)/t15-/m0/s1. The average Bonchev–Trinajstić information content (AvgIpc) is 2.74. The molecule has 1 atom stereocenters. The zero-order valence-corrected chi connectivity index (χ0v) is 15.8. The van der Waals surface area contributed by atoms with Crippen LogP contribution in [0.1, 0.15) is 6.92 Å². The van der Waals surface area contributed by atoms with Gasteiger partial charge in [-0.15, -0.1) is 0 Å². The van der Waals surface area contributed by atoms with Gasteiger partial charge in [0.25, 0.3) is 11.8 Å². The van der Waals surface area contributed by atoms with Gasteiger partial charge in [0.1, 0.15) is 11.5 Å². The van der Waals surface area contributed by atoms with E-state index in [0.29, 0.717) is 22.9 Å². The summed E-state index contributed by atoms with van der Waals surface area (Å²) >= 11 is 0. The molecule has 0 spiro atoms. The smallest absolute Gasteiger partial charge is 0.265 e. The van der Waals surface area contributed by atoms with E-state index in [1.54, 1.807) is 25.1 Å². The first-order valence-electron chi connectivity index (χ1n) is 9.29. The van der Waals surface area contributed by atoms with Crippen molar-refractivity contribution in [3.63, 3.8) is 0 Å². The fraction of sp³-hybridized carbons (Fsp3) is 0.130. The van der Waals surface area contributed by atoms with Gasteiger partial charge in [-0.3, -0.25) is 9.59 Å². The summed E-state index contributed by atoms with van der Waals surface area (Å²) in [7, 11) is 0. The van der Waals surface area contributed by atoms with E-state index in [1.807, 2.05) is 54.6 Å². The van der Waals surface area contributed by atoms with E-state index in [2.05, 4.69) is 10.6 Å². The van der Waals surface area contributed by atoms with Gasteiger partial charge >= 0.3 is 0 Å². The third kappa shape index (κ3) is 4.21. The zero-order valence-electron chi connectivity index (χ0n) is 15.8. The summed E-state index contributed by atoms with van der Waals surface area (Å²) in [6.07, 6.45) is -0.541. The van der Waals surface area contributed by atoms with Crippen molar-refractivity contribution >= 4 is 23.2 Å². The Hall–Kier alpha value is -3.80. The van der Waals surface area contributed by atoms with Crippen LogP contribution in [-0.2, 0) is 9.59 Å². The van der Waals surface area contributed by atoms with Gasteiger partial charge in [-0.25, -0.2) is 0 Å². The summed E-state index contributed by atoms with van der Waals surface area (Å²) in [5.41, 5.74) is 3.01. The maximum atomic E-state index is 12.4. The molecule has 1 heterocycles. The van der Waals surface area contributed by atoms with E-state index >= 15 is 0 Å². The number of para-hydroxylation sites is 1. The molecule has 1 aliphatic heterocycles. The topological polar surface area (TPSA) is 76.7 Å². The van der Waals surface area contributed by atoms with Crippen molar-refractivity contribution in [1.82, 2.24) is 0 Å². The first-order valence-corrected chi connectivity index (χ1v) is 9.29. The molecule has 0 bridgehead atoms. The molecular weight excluding hydrogens is 368 g/mol. The number of hydrogen-bond acceptors (Lipinski definition) is 4. The minimum atomic E-state index is -0.541. The normalized spacial score (nSPS) is 14.9. The Morgan fingerprint density at radius 1 is 1.07 bits per heavy atom. The first kappa shape index (κ1) is 18.6. The highest BCUT2D eigenvalue weighted by Gasteiger charge is 2.23. The predicted octanol–water partition coefficient (Wildman–Crippen LogP) is 4.09. The fourth-order valence-corrected chi connectivity index (χ4v) is 3.08. The second kappa shape index (κ2) is 8.06. The minimum absolute atomic E-state index is 0.138. The Morgan fingerprint density at radius 3 is 2.66 bits per heavy atom. The molecule has 1 aliphatic rings. The summed E-state index contributed by atoms with van der Waals surface area (Å²) in [4.78, 5) is 24.1. The lowest BCUT2D eigenvalue weighted by Gasteiger charge is -2.23. The number of carbonyl (C=O) groups is 2. The van der Waals surface area contributed by atoms with Crippen molar-refractivity contribution in [2.75, 3.05) is 17.2 Å². The largest absolute Gasteiger partial charge is 0.483 e. The average molecular weight is 388 g/mol. The molecule has 0 radical (unpaired) electrons. The summed E-state index contributed by atoms with van der Waals surface area (Å²) < 4.78 is 11.3. The molecule has 6 heteroatoms. The van der Waals surface area contributed by atoms with E-state index in [9.17, 15) is 9.59 Å². The molecule has 0 aliphatic carbocycles. The van der Waals surface area contributed by atoms with Crippen LogP contribution in [-0.4, -0.2) is 24.5 Å². The summed E-state index contributed by atoms with van der Waals surface area (Å²) in [5.74, 6) is 0.683. The Kier molecular flexibility index (Phi) is 5.16. The highest BCUT2D eigenvalue weighted by Crippen LogP contribution is 2.32. The first-order chi connectivity index (χ1) is 14.1. The number of hydrogen-bond donors (Lipinski definition) is 2. The van der Waals surface area contributed by atoms with Crippen molar-refractivity contribution in [2.45, 2.75) is 13.0 Å². The molecule has 3 aromatic rings. The van der Waals surface area contributed by atoms with E-state index in [0.717, 1.165) is 11.1 Å². The van der Waals surface area contributed by atoms with Crippen molar-refractivity contribution in [2.24, 2.45) is 0 Å². The molecule has 6 nitrogen and oxygen atoms in total. The van der Waals surface area contributed by atoms with E-state index in [-0.39, 0.29) is 18.4 Å². The van der Waals surface area contributed by atoms with Gasteiger partial charge < -0.3 is 20.1 Å². The van der Waals surface area contributed by atoms with Crippen LogP contribution in [0.4, 0.5) is 11.4 Å². The molecule has 146 valence electrons. The van der Waals surface area contributed by atoms with Gasteiger partial charge in [0, 0.05) is 11.3 Å². The molecule has 3 aromatic carbocycles. The van der Waals surface area contributed by atoms with Crippen LogP contribution < -0.4 is 20.1 Å². The highest BCUT2D eigenvalue weighted by atomic mass is 16.5. The number of nitrogens with one attached hydrogen (secondary N) is 2. The van der Waals surface area contributed by atoms with Crippen molar-refractivity contribution in [3.05, 3.63) is 72.8 Å². The van der Waals surface area contributed by atoms with Crippen molar-refractivity contribution < 1.29 is 19.1 Å². The number of amides is 2. The van der Waals surface area contributed by atoms with E-state index in [1.165, 1.54) is 0 Å². The Balaban J connectivity index is 1.42. The Bertz CT molecular complexity index is 1050. The molecule has 29 heavy (non-hydrogen) atoms. The van der Waals surface area contributed by atoms with Crippen LogP contribution in [0.3, 0.4) is 0 Å². The summed E-state index contributed by atoms with van der Waals surface area (Å²) in [5, 5.41) is 5.54. The van der Waals surface area contributed by atoms with Crippen LogP contribution in [0.2, 0.25) is 0 Å². The number of carbonyl (C=O) groups excluding carboxylic acids is 2. The molecule has 0 aromatic heterocycles. The van der Waals surface area contributed by atoms with Crippen LogP contribution in [0.25, 0.3) is 11.1 Å². The quantitative estimate of drug-likeness (QED) is 0.690. The number of rotatable bonds is 5. The maximum Gasteiger partial charge on any atom is 0.265 e. The minimum Gasteiger partial charge on any atom is -0.483 e. The predicted molar refractivity (Wildman–Crippen MR) is 111 cm³/mol. The zero-order chi connectivity index (χ0) is 20.2. The monoisotopic (exact) mass is 388 g/mol. The van der Waals surface area contributed by atoms with Gasteiger partial charge in [0.2, 0.25) is 0 Å². The lowest BCUT2D eigenvalue weighted by Crippen LogP contribution is -2.34. The molecule has 0 saturated carbocycles. The third-order valence-electron chi connectivity index (χ3n) is 4.52. The second-order valence-electron chi connectivity index (χ2n) is 6.66. The molecule has 0 saturated heterocycles. The second-order valence-corrected chi connectivity index (χ2v) is 6.66. The van der Waals surface area contributed by atoms with Crippen LogP contribution in [0, 0.1) is 0 Å². The van der Waals surface area contributed by atoms with Gasteiger partial charge in [-0.2, -0.15) is 0 Å². The number of benzene rings is 3. The van der Waals surface area contributed by atoms with Crippen molar-refractivity contribution in [3.8, 4) is 22.6 Å². The SMILES string of the molecule is C[C@@H]1Oc2ccc(NC(=O)COc3ccccc3-c3ccccc3)cc2NC1=O. The maximum absolute atomic E-state index is 12.4. The van der Waals surface area contributed by atoms with Crippen molar-refractivity contribution in [1.29, 1.82) is 0 Å². The van der Waals surface area contributed by atoms with Crippen LogP contribution in [0.5, 0.6) is 11.5 Å². The van der Waals surface area contributed by atoms with Gasteiger partial charge in [0.15, 0.2) is 12.7 Å². The third-order valence-corrected chi connectivity index (χ3v) is 4.52. The van der Waals surface area contributed by atoms with Crippen LogP contribution in [0.15, 0.2) is 72.8 Å². The lowest BCUT2D eigenvalue weighted by atomic mass is 10.1. The molecule has 2 amide bonds. The molecule has 0 fully saturated rings.